The van der Waals surface area contributed by atoms with Gasteiger partial charge in [-0.3, -0.25) is 4.79 Å². The van der Waals surface area contributed by atoms with Crippen LogP contribution in [0.4, 0.5) is 11.4 Å². The van der Waals surface area contributed by atoms with Crippen molar-refractivity contribution in [3.63, 3.8) is 0 Å². The lowest BCUT2D eigenvalue weighted by atomic mass is 10.0. The van der Waals surface area contributed by atoms with E-state index in [9.17, 15) is 4.79 Å². The van der Waals surface area contributed by atoms with Crippen LogP contribution in [0.15, 0.2) is 42.5 Å². The fourth-order valence-corrected chi connectivity index (χ4v) is 2.92. The molecule has 0 aliphatic heterocycles. The Morgan fingerprint density at radius 3 is 2.22 bits per heavy atom. The van der Waals surface area contributed by atoms with Crippen LogP contribution in [0.2, 0.25) is 0 Å². The van der Waals surface area contributed by atoms with Crippen molar-refractivity contribution in [2.24, 2.45) is 0 Å². The number of anilines is 2. The van der Waals surface area contributed by atoms with Gasteiger partial charge in [-0.1, -0.05) is 35.9 Å². The maximum Gasteiger partial charge on any atom is 0.226 e. The molecule has 0 aliphatic rings. The number of carbonyl (C=O) groups excluding carboxylic acids is 1. The minimum atomic E-state index is 0.0643. The highest BCUT2D eigenvalue weighted by Gasteiger charge is 2.10. The number of rotatable bonds is 6. The van der Waals surface area contributed by atoms with Crippen molar-refractivity contribution in [1.29, 1.82) is 0 Å². The van der Waals surface area contributed by atoms with Crippen LogP contribution < -0.4 is 10.2 Å². The third kappa shape index (κ3) is 4.59. The summed E-state index contributed by atoms with van der Waals surface area (Å²) in [4.78, 5) is 14.5. The molecule has 0 aromatic heterocycles. The van der Waals surface area contributed by atoms with Gasteiger partial charge in [0, 0.05) is 30.9 Å². The Bertz CT molecular complexity index is 642. The van der Waals surface area contributed by atoms with Gasteiger partial charge in [0.25, 0.3) is 0 Å². The summed E-state index contributed by atoms with van der Waals surface area (Å²) in [7, 11) is 0. The maximum absolute atomic E-state index is 12.3. The van der Waals surface area contributed by atoms with E-state index in [1.807, 2.05) is 32.0 Å². The molecule has 0 radical (unpaired) electrons. The van der Waals surface area contributed by atoms with Crippen LogP contribution in [0.1, 0.15) is 30.0 Å². The van der Waals surface area contributed by atoms with Crippen LogP contribution in [0.25, 0.3) is 0 Å². The quantitative estimate of drug-likeness (QED) is 0.854. The average Bonchev–Trinajstić information content (AvgIpc) is 2.52. The molecule has 2 aromatic rings. The van der Waals surface area contributed by atoms with Crippen LogP contribution in [0.5, 0.6) is 0 Å². The number of benzene rings is 2. The van der Waals surface area contributed by atoms with Gasteiger partial charge in [-0.05, 0) is 51.0 Å². The molecule has 23 heavy (non-hydrogen) atoms. The number of hydrogen-bond acceptors (Lipinski definition) is 2. The van der Waals surface area contributed by atoms with E-state index < -0.39 is 0 Å². The van der Waals surface area contributed by atoms with E-state index in [1.54, 1.807) is 0 Å². The average molecular weight is 310 g/mol. The van der Waals surface area contributed by atoms with E-state index in [1.165, 1.54) is 5.56 Å². The van der Waals surface area contributed by atoms with Gasteiger partial charge in [-0.2, -0.15) is 0 Å². The first kappa shape index (κ1) is 17.1. The number of amides is 1. The van der Waals surface area contributed by atoms with E-state index in [0.29, 0.717) is 6.42 Å². The normalized spacial score (nSPS) is 10.4. The van der Waals surface area contributed by atoms with Crippen molar-refractivity contribution < 1.29 is 4.79 Å². The minimum absolute atomic E-state index is 0.0643. The topological polar surface area (TPSA) is 32.3 Å². The second-order valence-corrected chi connectivity index (χ2v) is 5.99. The summed E-state index contributed by atoms with van der Waals surface area (Å²) in [5.41, 5.74) is 5.56. The summed E-state index contributed by atoms with van der Waals surface area (Å²) in [5, 5.41) is 3.07. The SMILES string of the molecule is CCN(CCC(=O)Nc1c(C)cc(C)cc1C)c1ccccc1. The first-order chi connectivity index (χ1) is 11.0. The third-order valence-electron chi connectivity index (χ3n) is 4.05. The first-order valence-electron chi connectivity index (χ1n) is 8.19. The second-order valence-electron chi connectivity index (χ2n) is 5.99. The Labute approximate surface area is 139 Å². The van der Waals surface area contributed by atoms with Crippen LogP contribution in [-0.2, 0) is 4.79 Å². The largest absolute Gasteiger partial charge is 0.371 e. The van der Waals surface area contributed by atoms with E-state index in [2.05, 4.69) is 48.3 Å². The number of nitrogens with zero attached hydrogens (tertiary/aromatic N) is 1. The summed E-state index contributed by atoms with van der Waals surface area (Å²) in [6.07, 6.45) is 0.482. The summed E-state index contributed by atoms with van der Waals surface area (Å²) in [5.74, 6) is 0.0643. The predicted octanol–water partition coefficient (Wildman–Crippen LogP) is 4.47. The molecule has 1 N–H and O–H groups in total. The third-order valence-corrected chi connectivity index (χ3v) is 4.05. The molecule has 2 rings (SSSR count). The lowest BCUT2D eigenvalue weighted by Gasteiger charge is -2.23. The predicted molar refractivity (Wildman–Crippen MR) is 98.2 cm³/mol. The fourth-order valence-electron chi connectivity index (χ4n) is 2.92. The van der Waals surface area contributed by atoms with Gasteiger partial charge < -0.3 is 10.2 Å². The Hall–Kier alpha value is -2.29. The van der Waals surface area contributed by atoms with Crippen molar-refractivity contribution in [3.8, 4) is 0 Å². The molecule has 0 unspecified atom stereocenters. The molecular formula is C20H26N2O. The van der Waals surface area contributed by atoms with E-state index in [0.717, 1.165) is 35.6 Å². The van der Waals surface area contributed by atoms with E-state index in [-0.39, 0.29) is 5.91 Å². The van der Waals surface area contributed by atoms with E-state index in [4.69, 9.17) is 0 Å². The molecule has 0 saturated carbocycles. The Morgan fingerprint density at radius 2 is 1.65 bits per heavy atom. The van der Waals surface area contributed by atoms with Crippen molar-refractivity contribution in [2.45, 2.75) is 34.1 Å². The summed E-state index contributed by atoms with van der Waals surface area (Å²) in [6.45, 7) is 9.87. The van der Waals surface area contributed by atoms with Gasteiger partial charge in [0.1, 0.15) is 0 Å². The number of carbonyl (C=O) groups is 1. The summed E-state index contributed by atoms with van der Waals surface area (Å²) >= 11 is 0. The maximum atomic E-state index is 12.3. The molecule has 2 aromatic carbocycles. The molecule has 0 atom stereocenters. The molecular weight excluding hydrogens is 284 g/mol. The van der Waals surface area contributed by atoms with Gasteiger partial charge in [-0.25, -0.2) is 0 Å². The van der Waals surface area contributed by atoms with Gasteiger partial charge in [0.2, 0.25) is 5.91 Å². The van der Waals surface area contributed by atoms with Gasteiger partial charge >= 0.3 is 0 Å². The fraction of sp³-hybridized carbons (Fsp3) is 0.350. The minimum Gasteiger partial charge on any atom is -0.371 e. The highest BCUT2D eigenvalue weighted by molar-refractivity contribution is 5.92. The summed E-state index contributed by atoms with van der Waals surface area (Å²) in [6, 6.07) is 14.4. The second kappa shape index (κ2) is 7.82. The zero-order valence-corrected chi connectivity index (χ0v) is 14.5. The van der Waals surface area contributed by atoms with Crippen molar-refractivity contribution >= 4 is 17.3 Å². The van der Waals surface area contributed by atoms with Crippen molar-refractivity contribution in [2.75, 3.05) is 23.3 Å². The summed E-state index contributed by atoms with van der Waals surface area (Å²) < 4.78 is 0. The first-order valence-corrected chi connectivity index (χ1v) is 8.19. The molecule has 0 aliphatic carbocycles. The van der Waals surface area contributed by atoms with Gasteiger partial charge in [0.05, 0.1) is 0 Å². The van der Waals surface area contributed by atoms with Gasteiger partial charge in [-0.15, -0.1) is 0 Å². The molecule has 0 fully saturated rings. The molecule has 0 bridgehead atoms. The number of nitrogens with one attached hydrogen (secondary N) is 1. The zero-order chi connectivity index (χ0) is 16.8. The van der Waals surface area contributed by atoms with Crippen molar-refractivity contribution in [1.82, 2.24) is 0 Å². The smallest absolute Gasteiger partial charge is 0.226 e. The van der Waals surface area contributed by atoms with E-state index >= 15 is 0 Å². The lowest BCUT2D eigenvalue weighted by Crippen LogP contribution is -2.27. The Balaban J connectivity index is 1.98. The molecule has 3 nitrogen and oxygen atoms in total. The molecule has 0 saturated heterocycles. The highest BCUT2D eigenvalue weighted by Crippen LogP contribution is 2.22. The van der Waals surface area contributed by atoms with Gasteiger partial charge in [0.15, 0.2) is 0 Å². The molecule has 0 heterocycles. The number of hydrogen-bond donors (Lipinski definition) is 1. The Kier molecular flexibility index (Phi) is 5.80. The Morgan fingerprint density at radius 1 is 1.04 bits per heavy atom. The van der Waals surface area contributed by atoms with Crippen LogP contribution >= 0.6 is 0 Å². The lowest BCUT2D eigenvalue weighted by molar-refractivity contribution is -0.116. The monoisotopic (exact) mass is 310 g/mol. The number of aryl methyl sites for hydroxylation is 3. The highest BCUT2D eigenvalue weighted by atomic mass is 16.1. The van der Waals surface area contributed by atoms with Crippen molar-refractivity contribution in [3.05, 3.63) is 59.2 Å². The molecule has 122 valence electrons. The van der Waals surface area contributed by atoms with Crippen LogP contribution in [0.3, 0.4) is 0 Å². The molecule has 3 heteroatoms. The number of para-hydroxylation sites is 1. The zero-order valence-electron chi connectivity index (χ0n) is 14.5. The van der Waals surface area contributed by atoms with Crippen LogP contribution in [0, 0.1) is 20.8 Å². The van der Waals surface area contributed by atoms with Crippen LogP contribution in [-0.4, -0.2) is 19.0 Å². The molecule has 0 spiro atoms. The standard InChI is InChI=1S/C20H26N2O/c1-5-22(18-9-7-6-8-10-18)12-11-19(23)21-20-16(3)13-15(2)14-17(20)4/h6-10,13-14H,5,11-12H2,1-4H3,(H,21,23). The molecule has 1 amide bonds.